The second kappa shape index (κ2) is 6.22. The molecule has 0 aliphatic carbocycles. The number of carbonyl (C=O) groups is 1. The summed E-state index contributed by atoms with van der Waals surface area (Å²) in [6.07, 6.45) is 2.06. The van der Waals surface area contributed by atoms with E-state index >= 15 is 0 Å². The van der Waals surface area contributed by atoms with Gasteiger partial charge < -0.3 is 9.64 Å². The van der Waals surface area contributed by atoms with Crippen LogP contribution in [0.3, 0.4) is 0 Å². The highest BCUT2D eigenvalue weighted by Gasteiger charge is 2.21. The summed E-state index contributed by atoms with van der Waals surface area (Å²) in [4.78, 5) is 15.3. The highest BCUT2D eigenvalue weighted by molar-refractivity contribution is 7.98. The van der Waals surface area contributed by atoms with Crippen molar-refractivity contribution in [3.8, 4) is 5.75 Å². The highest BCUT2D eigenvalue weighted by atomic mass is 32.2. The third-order valence-corrected chi connectivity index (χ3v) is 4.31. The summed E-state index contributed by atoms with van der Waals surface area (Å²) >= 11 is 1.72. The van der Waals surface area contributed by atoms with Gasteiger partial charge >= 0.3 is 0 Å². The van der Waals surface area contributed by atoms with Crippen LogP contribution in [0.2, 0.25) is 0 Å². The first-order valence-electron chi connectivity index (χ1n) is 6.87. The molecule has 0 spiro atoms. The molecule has 0 fully saturated rings. The van der Waals surface area contributed by atoms with Crippen LogP contribution in [0.15, 0.2) is 53.4 Å². The Hall–Kier alpha value is -1.94. The predicted octanol–water partition coefficient (Wildman–Crippen LogP) is 3.33. The molecular weight excluding hydrogens is 282 g/mol. The number of ether oxygens (including phenoxy) is 1. The number of thioether (sulfide) groups is 1. The summed E-state index contributed by atoms with van der Waals surface area (Å²) in [5.41, 5.74) is 2.20. The van der Waals surface area contributed by atoms with Crippen LogP contribution < -0.4 is 4.74 Å². The third kappa shape index (κ3) is 3.22. The number of rotatable bonds is 3. The first kappa shape index (κ1) is 14.0. The van der Waals surface area contributed by atoms with Gasteiger partial charge in [0.2, 0.25) is 0 Å². The summed E-state index contributed by atoms with van der Waals surface area (Å²) in [5, 5.41) is 0. The minimum atomic E-state index is 0.0279. The minimum Gasteiger partial charge on any atom is -0.483 e. The van der Waals surface area contributed by atoms with Crippen molar-refractivity contribution in [1.29, 1.82) is 0 Å². The van der Waals surface area contributed by atoms with Crippen LogP contribution in [0.4, 0.5) is 0 Å². The lowest BCUT2D eigenvalue weighted by Crippen LogP contribution is -2.31. The average Bonchev–Trinajstić information content (AvgIpc) is 2.68. The van der Waals surface area contributed by atoms with Crippen molar-refractivity contribution in [2.24, 2.45) is 0 Å². The van der Waals surface area contributed by atoms with E-state index in [1.807, 2.05) is 29.2 Å². The molecule has 0 aromatic heterocycles. The quantitative estimate of drug-likeness (QED) is 0.814. The lowest BCUT2D eigenvalue weighted by Gasteiger charge is -2.20. The third-order valence-electron chi connectivity index (χ3n) is 3.57. The summed E-state index contributed by atoms with van der Waals surface area (Å²) in [6.45, 7) is 1.32. The Bertz CT molecular complexity index is 639. The van der Waals surface area contributed by atoms with Crippen molar-refractivity contribution in [2.75, 3.05) is 12.9 Å². The van der Waals surface area contributed by atoms with E-state index in [0.29, 0.717) is 13.1 Å². The Morgan fingerprint density at radius 2 is 1.90 bits per heavy atom. The summed E-state index contributed by atoms with van der Waals surface area (Å²) in [7, 11) is 0. The summed E-state index contributed by atoms with van der Waals surface area (Å²) < 4.78 is 5.57. The maximum absolute atomic E-state index is 12.2. The maximum atomic E-state index is 12.2. The van der Waals surface area contributed by atoms with Crippen LogP contribution in [0.1, 0.15) is 11.1 Å². The molecule has 0 saturated heterocycles. The molecule has 0 unspecified atom stereocenters. The molecule has 4 heteroatoms. The predicted molar refractivity (Wildman–Crippen MR) is 84.4 cm³/mol. The molecule has 0 radical (unpaired) electrons. The Labute approximate surface area is 128 Å². The zero-order valence-electron chi connectivity index (χ0n) is 11.9. The van der Waals surface area contributed by atoms with E-state index < -0.39 is 0 Å². The first-order valence-corrected chi connectivity index (χ1v) is 8.10. The fourth-order valence-corrected chi connectivity index (χ4v) is 2.80. The van der Waals surface area contributed by atoms with Gasteiger partial charge in [-0.25, -0.2) is 0 Å². The van der Waals surface area contributed by atoms with Gasteiger partial charge in [0.05, 0.1) is 0 Å². The van der Waals surface area contributed by atoms with E-state index in [0.717, 1.165) is 16.9 Å². The maximum Gasteiger partial charge on any atom is 0.261 e. The number of amides is 1. The summed E-state index contributed by atoms with van der Waals surface area (Å²) in [6, 6.07) is 16.2. The van der Waals surface area contributed by atoms with Crippen molar-refractivity contribution >= 4 is 17.7 Å². The Morgan fingerprint density at radius 1 is 1.14 bits per heavy atom. The van der Waals surface area contributed by atoms with Crippen molar-refractivity contribution in [3.63, 3.8) is 0 Å². The molecule has 1 aliphatic rings. The SMILES string of the molecule is CSc1ccc(CN2Cc3ccccc3OCC2=O)cc1. The average molecular weight is 299 g/mol. The van der Waals surface area contributed by atoms with E-state index in [4.69, 9.17) is 4.74 Å². The van der Waals surface area contributed by atoms with Crippen LogP contribution in [0.5, 0.6) is 5.75 Å². The molecule has 0 atom stereocenters. The summed E-state index contributed by atoms with van der Waals surface area (Å²) in [5.74, 6) is 0.839. The van der Waals surface area contributed by atoms with E-state index in [9.17, 15) is 4.79 Å². The van der Waals surface area contributed by atoms with Gasteiger partial charge in [-0.1, -0.05) is 30.3 Å². The number of nitrogens with zero attached hydrogens (tertiary/aromatic N) is 1. The van der Waals surface area contributed by atoms with Crippen molar-refractivity contribution in [1.82, 2.24) is 4.90 Å². The molecule has 0 N–H and O–H groups in total. The number of para-hydroxylation sites is 1. The van der Waals surface area contributed by atoms with Gasteiger partial charge in [-0.05, 0) is 30.0 Å². The number of benzene rings is 2. The fraction of sp³-hybridized carbons (Fsp3) is 0.235. The Balaban J connectivity index is 1.78. The van der Waals surface area contributed by atoms with E-state index in [1.54, 1.807) is 11.8 Å². The van der Waals surface area contributed by atoms with Crippen LogP contribution in [0.25, 0.3) is 0 Å². The molecule has 2 aromatic carbocycles. The second-order valence-electron chi connectivity index (χ2n) is 4.99. The van der Waals surface area contributed by atoms with Gasteiger partial charge in [-0.15, -0.1) is 11.8 Å². The van der Waals surface area contributed by atoms with E-state index in [-0.39, 0.29) is 12.5 Å². The van der Waals surface area contributed by atoms with E-state index in [1.165, 1.54) is 4.90 Å². The molecule has 1 heterocycles. The molecule has 21 heavy (non-hydrogen) atoms. The largest absolute Gasteiger partial charge is 0.483 e. The minimum absolute atomic E-state index is 0.0279. The van der Waals surface area contributed by atoms with Crippen molar-refractivity contribution in [2.45, 2.75) is 18.0 Å². The van der Waals surface area contributed by atoms with Gasteiger partial charge in [0.15, 0.2) is 6.61 Å². The molecule has 0 bridgehead atoms. The van der Waals surface area contributed by atoms with E-state index in [2.05, 4.69) is 30.5 Å². The van der Waals surface area contributed by atoms with Crippen LogP contribution in [-0.4, -0.2) is 23.7 Å². The van der Waals surface area contributed by atoms with Gasteiger partial charge in [-0.2, -0.15) is 0 Å². The van der Waals surface area contributed by atoms with Crippen LogP contribution >= 0.6 is 11.8 Å². The standard InChI is InChI=1S/C17H17NO2S/c1-21-15-8-6-13(7-9-15)10-18-11-14-4-2-3-5-16(14)20-12-17(18)19/h2-9H,10-12H2,1H3. The number of hydrogen-bond donors (Lipinski definition) is 0. The van der Waals surface area contributed by atoms with Gasteiger partial charge in [-0.3, -0.25) is 4.79 Å². The molecule has 3 rings (SSSR count). The molecule has 0 saturated carbocycles. The molecular formula is C17H17NO2S. The zero-order valence-corrected chi connectivity index (χ0v) is 12.7. The Morgan fingerprint density at radius 3 is 2.67 bits per heavy atom. The number of carbonyl (C=O) groups excluding carboxylic acids is 1. The molecule has 1 aliphatic heterocycles. The lowest BCUT2D eigenvalue weighted by atomic mass is 10.1. The van der Waals surface area contributed by atoms with Gasteiger partial charge in [0.25, 0.3) is 5.91 Å². The highest BCUT2D eigenvalue weighted by Crippen LogP contribution is 2.24. The molecule has 1 amide bonds. The Kier molecular flexibility index (Phi) is 4.15. The number of fused-ring (bicyclic) bond motifs is 1. The lowest BCUT2D eigenvalue weighted by molar-refractivity contribution is -0.133. The monoisotopic (exact) mass is 299 g/mol. The normalized spacial score (nSPS) is 14.3. The van der Waals surface area contributed by atoms with Crippen LogP contribution in [0, 0.1) is 0 Å². The van der Waals surface area contributed by atoms with Crippen molar-refractivity contribution < 1.29 is 9.53 Å². The smallest absolute Gasteiger partial charge is 0.261 e. The molecule has 3 nitrogen and oxygen atoms in total. The van der Waals surface area contributed by atoms with Gasteiger partial charge in [0, 0.05) is 23.5 Å². The fourth-order valence-electron chi connectivity index (χ4n) is 2.40. The number of hydrogen-bond acceptors (Lipinski definition) is 3. The first-order chi connectivity index (χ1) is 10.3. The molecule has 108 valence electrons. The molecule has 2 aromatic rings. The topological polar surface area (TPSA) is 29.5 Å². The van der Waals surface area contributed by atoms with Crippen molar-refractivity contribution in [3.05, 3.63) is 59.7 Å². The second-order valence-corrected chi connectivity index (χ2v) is 5.87. The van der Waals surface area contributed by atoms with Gasteiger partial charge in [0.1, 0.15) is 5.75 Å². The van der Waals surface area contributed by atoms with Crippen LogP contribution in [-0.2, 0) is 17.9 Å². The zero-order chi connectivity index (χ0) is 14.7.